The number of hydrogen-bond acceptors (Lipinski definition) is 4. The SMILES string of the molecule is Cc1nc(CN2CCCC2c2nc3ccc(F)cc3[nH]2)cs1. The van der Waals surface area contributed by atoms with Gasteiger partial charge in [0.1, 0.15) is 11.6 Å². The Morgan fingerprint density at radius 3 is 3.14 bits per heavy atom. The van der Waals surface area contributed by atoms with Gasteiger partial charge in [-0.25, -0.2) is 14.4 Å². The van der Waals surface area contributed by atoms with Crippen LogP contribution in [0, 0.1) is 12.7 Å². The number of nitrogens with one attached hydrogen (secondary N) is 1. The molecular formula is C16H17FN4S. The molecule has 6 heteroatoms. The van der Waals surface area contributed by atoms with Crippen LogP contribution in [-0.4, -0.2) is 26.4 Å². The Kier molecular flexibility index (Phi) is 3.43. The van der Waals surface area contributed by atoms with Crippen LogP contribution >= 0.6 is 11.3 Å². The van der Waals surface area contributed by atoms with E-state index in [-0.39, 0.29) is 11.9 Å². The van der Waals surface area contributed by atoms with Gasteiger partial charge < -0.3 is 4.98 Å². The lowest BCUT2D eigenvalue weighted by molar-refractivity contribution is 0.238. The molecule has 1 atom stereocenters. The van der Waals surface area contributed by atoms with Gasteiger partial charge in [0.25, 0.3) is 0 Å². The van der Waals surface area contributed by atoms with Crippen molar-refractivity contribution in [1.29, 1.82) is 0 Å². The molecule has 1 unspecified atom stereocenters. The first kappa shape index (κ1) is 13.8. The zero-order valence-corrected chi connectivity index (χ0v) is 13.2. The van der Waals surface area contributed by atoms with E-state index in [1.165, 1.54) is 12.1 Å². The minimum atomic E-state index is -0.232. The van der Waals surface area contributed by atoms with Gasteiger partial charge in [0.15, 0.2) is 0 Å². The summed E-state index contributed by atoms with van der Waals surface area (Å²) >= 11 is 1.69. The Morgan fingerprint density at radius 1 is 1.41 bits per heavy atom. The zero-order chi connectivity index (χ0) is 15.1. The van der Waals surface area contributed by atoms with E-state index in [0.717, 1.165) is 53.5 Å². The maximum Gasteiger partial charge on any atom is 0.125 e. The molecule has 0 radical (unpaired) electrons. The van der Waals surface area contributed by atoms with Crippen molar-refractivity contribution >= 4 is 22.4 Å². The molecule has 3 aromatic rings. The van der Waals surface area contributed by atoms with E-state index in [1.54, 1.807) is 17.4 Å². The molecule has 114 valence electrons. The van der Waals surface area contributed by atoms with Crippen molar-refractivity contribution < 1.29 is 4.39 Å². The highest BCUT2D eigenvalue weighted by Crippen LogP contribution is 2.32. The van der Waals surface area contributed by atoms with Gasteiger partial charge in [0, 0.05) is 11.9 Å². The third-order valence-electron chi connectivity index (χ3n) is 4.17. The molecule has 0 spiro atoms. The number of aromatic amines is 1. The van der Waals surface area contributed by atoms with Gasteiger partial charge >= 0.3 is 0 Å². The Balaban J connectivity index is 1.61. The number of benzene rings is 1. The van der Waals surface area contributed by atoms with Crippen LogP contribution in [0.3, 0.4) is 0 Å². The number of rotatable bonds is 3. The van der Waals surface area contributed by atoms with Crippen molar-refractivity contribution in [2.45, 2.75) is 32.4 Å². The normalized spacial score (nSPS) is 19.3. The number of likely N-dealkylation sites (tertiary alicyclic amines) is 1. The number of thiazole rings is 1. The molecule has 0 amide bonds. The minimum Gasteiger partial charge on any atom is -0.341 e. The summed E-state index contributed by atoms with van der Waals surface area (Å²) < 4.78 is 13.3. The molecule has 0 aliphatic carbocycles. The average Bonchev–Trinajstić information content (AvgIpc) is 3.18. The minimum absolute atomic E-state index is 0.232. The first-order valence-corrected chi connectivity index (χ1v) is 8.37. The highest BCUT2D eigenvalue weighted by molar-refractivity contribution is 7.09. The molecule has 22 heavy (non-hydrogen) atoms. The van der Waals surface area contributed by atoms with Crippen LogP contribution in [0.15, 0.2) is 23.6 Å². The Bertz CT molecular complexity index is 809. The average molecular weight is 316 g/mol. The Hall–Kier alpha value is -1.79. The van der Waals surface area contributed by atoms with Crippen LogP contribution in [-0.2, 0) is 6.54 Å². The van der Waals surface area contributed by atoms with Gasteiger partial charge in [0.05, 0.1) is 27.8 Å². The predicted octanol–water partition coefficient (Wildman–Crippen LogP) is 3.80. The molecule has 2 aromatic heterocycles. The first-order valence-electron chi connectivity index (χ1n) is 7.49. The number of H-pyrrole nitrogens is 1. The fourth-order valence-corrected chi connectivity index (χ4v) is 3.78. The predicted molar refractivity (Wildman–Crippen MR) is 85.3 cm³/mol. The molecular weight excluding hydrogens is 299 g/mol. The van der Waals surface area contributed by atoms with Gasteiger partial charge in [-0.15, -0.1) is 11.3 Å². The largest absolute Gasteiger partial charge is 0.341 e. The molecule has 1 N–H and O–H groups in total. The zero-order valence-electron chi connectivity index (χ0n) is 12.3. The Labute approximate surface area is 132 Å². The van der Waals surface area contributed by atoms with Gasteiger partial charge in [0.2, 0.25) is 0 Å². The number of hydrogen-bond donors (Lipinski definition) is 1. The second-order valence-corrected chi connectivity index (χ2v) is 6.83. The molecule has 0 bridgehead atoms. The summed E-state index contributed by atoms with van der Waals surface area (Å²) in [6, 6.07) is 4.96. The van der Waals surface area contributed by atoms with Crippen LogP contribution in [0.5, 0.6) is 0 Å². The third kappa shape index (κ3) is 2.53. The Morgan fingerprint density at radius 2 is 2.32 bits per heavy atom. The molecule has 3 heterocycles. The molecule has 1 fully saturated rings. The first-order chi connectivity index (χ1) is 10.7. The summed E-state index contributed by atoms with van der Waals surface area (Å²) in [6.07, 6.45) is 2.23. The smallest absolute Gasteiger partial charge is 0.125 e. The topological polar surface area (TPSA) is 44.8 Å². The number of imidazole rings is 1. The third-order valence-corrected chi connectivity index (χ3v) is 5.00. The van der Waals surface area contributed by atoms with Crippen molar-refractivity contribution in [2.24, 2.45) is 0 Å². The molecule has 1 saturated heterocycles. The molecule has 0 saturated carbocycles. The lowest BCUT2D eigenvalue weighted by Crippen LogP contribution is -2.23. The van der Waals surface area contributed by atoms with Crippen molar-refractivity contribution in [3.05, 3.63) is 45.9 Å². The standard InChI is InChI=1S/C16H17FN4S/c1-10-18-12(9-22-10)8-21-6-2-3-15(21)16-19-13-5-4-11(17)7-14(13)20-16/h4-5,7,9,15H,2-3,6,8H2,1H3,(H,19,20). The summed E-state index contributed by atoms with van der Waals surface area (Å²) in [7, 11) is 0. The molecule has 4 nitrogen and oxygen atoms in total. The van der Waals surface area contributed by atoms with Crippen molar-refractivity contribution in [3.8, 4) is 0 Å². The van der Waals surface area contributed by atoms with E-state index >= 15 is 0 Å². The van der Waals surface area contributed by atoms with E-state index < -0.39 is 0 Å². The number of aromatic nitrogens is 3. The van der Waals surface area contributed by atoms with Crippen molar-refractivity contribution in [3.63, 3.8) is 0 Å². The fraction of sp³-hybridized carbons (Fsp3) is 0.375. The van der Waals surface area contributed by atoms with Gasteiger partial charge in [-0.3, -0.25) is 4.90 Å². The van der Waals surface area contributed by atoms with E-state index in [4.69, 9.17) is 0 Å². The maximum absolute atomic E-state index is 13.3. The van der Waals surface area contributed by atoms with Crippen molar-refractivity contribution in [2.75, 3.05) is 6.54 Å². The van der Waals surface area contributed by atoms with Crippen LogP contribution in [0.25, 0.3) is 11.0 Å². The second-order valence-electron chi connectivity index (χ2n) is 5.77. The number of halogens is 1. The molecule has 1 aliphatic heterocycles. The van der Waals surface area contributed by atoms with Gasteiger partial charge in [-0.1, -0.05) is 0 Å². The van der Waals surface area contributed by atoms with Crippen LogP contribution in [0.2, 0.25) is 0 Å². The van der Waals surface area contributed by atoms with Crippen molar-refractivity contribution in [1.82, 2.24) is 19.9 Å². The summed E-state index contributed by atoms with van der Waals surface area (Å²) in [4.78, 5) is 14.9. The number of aryl methyl sites for hydroxylation is 1. The van der Waals surface area contributed by atoms with Crippen LogP contribution < -0.4 is 0 Å². The molecule has 1 aliphatic rings. The van der Waals surface area contributed by atoms with E-state index in [0.29, 0.717) is 0 Å². The lowest BCUT2D eigenvalue weighted by atomic mass is 10.2. The summed E-state index contributed by atoms with van der Waals surface area (Å²) in [6.45, 7) is 3.93. The van der Waals surface area contributed by atoms with E-state index in [2.05, 4.69) is 25.2 Å². The molecule has 1 aromatic carbocycles. The highest BCUT2D eigenvalue weighted by Gasteiger charge is 2.29. The summed E-state index contributed by atoms with van der Waals surface area (Å²) in [5, 5.41) is 3.23. The monoisotopic (exact) mass is 316 g/mol. The van der Waals surface area contributed by atoms with E-state index in [1.807, 2.05) is 6.92 Å². The number of fused-ring (bicyclic) bond motifs is 1. The lowest BCUT2D eigenvalue weighted by Gasteiger charge is -2.21. The fourth-order valence-electron chi connectivity index (χ4n) is 3.17. The van der Waals surface area contributed by atoms with Crippen LogP contribution in [0.1, 0.15) is 35.4 Å². The van der Waals surface area contributed by atoms with Gasteiger partial charge in [-0.05, 0) is 44.5 Å². The van der Waals surface area contributed by atoms with E-state index in [9.17, 15) is 4.39 Å². The quantitative estimate of drug-likeness (QED) is 0.799. The second kappa shape index (κ2) is 5.44. The highest BCUT2D eigenvalue weighted by atomic mass is 32.1. The summed E-state index contributed by atoms with van der Waals surface area (Å²) in [5.74, 6) is 0.703. The summed E-state index contributed by atoms with van der Waals surface area (Å²) in [5.41, 5.74) is 2.72. The maximum atomic E-state index is 13.3. The van der Waals surface area contributed by atoms with Crippen LogP contribution in [0.4, 0.5) is 4.39 Å². The molecule has 4 rings (SSSR count). The number of nitrogens with zero attached hydrogens (tertiary/aromatic N) is 3. The van der Waals surface area contributed by atoms with Gasteiger partial charge in [-0.2, -0.15) is 0 Å².